The Balaban J connectivity index is 1.13. The van der Waals surface area contributed by atoms with Crippen molar-refractivity contribution < 1.29 is 0 Å². The predicted molar refractivity (Wildman–Crippen MR) is 218 cm³/mol. The van der Waals surface area contributed by atoms with Crippen LogP contribution >= 0.6 is 0 Å². The summed E-state index contributed by atoms with van der Waals surface area (Å²) in [6, 6.07) is 63.3. The number of nitrogens with zero attached hydrogens (tertiary/aromatic N) is 1. The van der Waals surface area contributed by atoms with E-state index in [1.165, 1.54) is 100 Å². The quantitative estimate of drug-likeness (QED) is 0.182. The number of anilines is 3. The molecule has 1 atom stereocenters. The molecule has 1 unspecified atom stereocenters. The smallest absolute Gasteiger partial charge is 0.0512 e. The first kappa shape index (κ1) is 29.5. The summed E-state index contributed by atoms with van der Waals surface area (Å²) in [4.78, 5) is 2.54. The second kappa shape index (κ2) is 10.4. The first-order valence-corrected chi connectivity index (χ1v) is 18.5. The minimum atomic E-state index is -0.293. The number of hydrogen-bond donors (Lipinski definition) is 0. The maximum absolute atomic E-state index is 2.54. The van der Waals surface area contributed by atoms with E-state index in [1.54, 1.807) is 0 Å². The maximum atomic E-state index is 2.54. The summed E-state index contributed by atoms with van der Waals surface area (Å²) < 4.78 is 0. The lowest BCUT2D eigenvalue weighted by Crippen LogP contribution is -2.35. The molecule has 1 heterocycles. The van der Waals surface area contributed by atoms with Crippen LogP contribution in [0.1, 0.15) is 48.6 Å². The lowest BCUT2D eigenvalue weighted by Gasteiger charge is -2.45. The zero-order valence-corrected chi connectivity index (χ0v) is 29.6. The Morgan fingerprint density at radius 2 is 0.865 bits per heavy atom. The highest BCUT2D eigenvalue weighted by molar-refractivity contribution is 6.05. The summed E-state index contributed by atoms with van der Waals surface area (Å²) >= 11 is 0. The standard InChI is InChI=1S/C51H37N/c1-50(2)43-21-11-9-18-39(43)42-30-31-46-49(48(42)50)51(3)44-22-12-10-19-40(44)41-20-13-23-45(47(41)51)52(46)34-26-24-33(25-27-34)36-29-28-35(32-14-5-4-6-15-32)37-16-7-8-17-38(36)37/h4-31H,1-3H3. The van der Waals surface area contributed by atoms with Crippen molar-refractivity contribution in [1.29, 1.82) is 0 Å². The van der Waals surface area contributed by atoms with Crippen LogP contribution in [-0.4, -0.2) is 0 Å². The van der Waals surface area contributed by atoms with Gasteiger partial charge in [-0.15, -0.1) is 0 Å². The predicted octanol–water partition coefficient (Wildman–Crippen LogP) is 13.6. The van der Waals surface area contributed by atoms with Crippen molar-refractivity contribution in [3.8, 4) is 44.5 Å². The molecule has 0 spiro atoms. The molecule has 8 aromatic rings. The SMILES string of the molecule is CC1(C)c2ccccc2-c2ccc3c(c21)C1(C)c2ccccc2-c2cccc(c21)N3c1ccc(-c2ccc(-c3ccccc3)c3ccccc23)cc1. The second-order valence-electron chi connectivity index (χ2n) is 15.4. The molecule has 1 aliphatic heterocycles. The topological polar surface area (TPSA) is 3.24 Å². The van der Waals surface area contributed by atoms with E-state index in [0.717, 1.165) is 0 Å². The minimum Gasteiger partial charge on any atom is -0.310 e. The van der Waals surface area contributed by atoms with Crippen molar-refractivity contribution in [3.05, 3.63) is 198 Å². The number of benzene rings is 8. The highest BCUT2D eigenvalue weighted by Crippen LogP contribution is 2.66. The Hall–Kier alpha value is -6.18. The van der Waals surface area contributed by atoms with E-state index in [1.807, 2.05) is 0 Å². The van der Waals surface area contributed by atoms with Gasteiger partial charge in [0.2, 0.25) is 0 Å². The fraction of sp³-hybridized carbons (Fsp3) is 0.0980. The zero-order chi connectivity index (χ0) is 34.8. The summed E-state index contributed by atoms with van der Waals surface area (Å²) in [7, 11) is 0. The molecule has 0 N–H and O–H groups in total. The van der Waals surface area contributed by atoms with Crippen molar-refractivity contribution in [1.82, 2.24) is 0 Å². The molecular weight excluding hydrogens is 627 g/mol. The van der Waals surface area contributed by atoms with Gasteiger partial charge in [0.15, 0.2) is 0 Å². The van der Waals surface area contributed by atoms with Gasteiger partial charge < -0.3 is 4.90 Å². The molecule has 0 bridgehead atoms. The highest BCUT2D eigenvalue weighted by Gasteiger charge is 2.52. The van der Waals surface area contributed by atoms with E-state index in [-0.39, 0.29) is 10.8 Å². The van der Waals surface area contributed by atoms with Crippen molar-refractivity contribution >= 4 is 27.8 Å². The maximum Gasteiger partial charge on any atom is 0.0512 e. The van der Waals surface area contributed by atoms with Crippen molar-refractivity contribution in [2.45, 2.75) is 31.6 Å². The third kappa shape index (κ3) is 3.73. The van der Waals surface area contributed by atoms with Crippen LogP contribution in [0.15, 0.2) is 170 Å². The summed E-state index contributed by atoms with van der Waals surface area (Å²) in [6.45, 7) is 7.34. The van der Waals surface area contributed by atoms with Gasteiger partial charge in [-0.2, -0.15) is 0 Å². The first-order valence-electron chi connectivity index (χ1n) is 18.5. The van der Waals surface area contributed by atoms with Crippen LogP contribution in [0.3, 0.4) is 0 Å². The molecule has 0 amide bonds. The highest BCUT2D eigenvalue weighted by atomic mass is 15.2. The van der Waals surface area contributed by atoms with Crippen LogP contribution in [0.2, 0.25) is 0 Å². The van der Waals surface area contributed by atoms with Gasteiger partial charge in [-0.3, -0.25) is 0 Å². The van der Waals surface area contributed by atoms with Gasteiger partial charge in [-0.25, -0.2) is 0 Å². The van der Waals surface area contributed by atoms with Crippen molar-refractivity contribution in [3.63, 3.8) is 0 Å². The molecule has 1 nitrogen and oxygen atoms in total. The van der Waals surface area contributed by atoms with Crippen LogP contribution in [0.25, 0.3) is 55.3 Å². The minimum absolute atomic E-state index is 0.146. The third-order valence-corrected chi connectivity index (χ3v) is 12.4. The molecule has 52 heavy (non-hydrogen) atoms. The summed E-state index contributed by atoms with van der Waals surface area (Å²) in [5.74, 6) is 0. The molecule has 1 heteroatoms. The van der Waals surface area contributed by atoms with Gasteiger partial charge in [0.1, 0.15) is 0 Å². The molecule has 0 fully saturated rings. The van der Waals surface area contributed by atoms with Gasteiger partial charge in [0, 0.05) is 16.5 Å². The molecule has 0 saturated heterocycles. The Bertz CT molecular complexity index is 2770. The van der Waals surface area contributed by atoms with Crippen molar-refractivity contribution in [2.75, 3.05) is 4.90 Å². The van der Waals surface area contributed by atoms with Crippen molar-refractivity contribution in [2.24, 2.45) is 0 Å². The van der Waals surface area contributed by atoms with Crippen LogP contribution in [0.5, 0.6) is 0 Å². The van der Waals surface area contributed by atoms with E-state index in [2.05, 4.69) is 196 Å². The monoisotopic (exact) mass is 663 g/mol. The third-order valence-electron chi connectivity index (χ3n) is 12.4. The fourth-order valence-electron chi connectivity index (χ4n) is 10.2. The van der Waals surface area contributed by atoms with E-state index >= 15 is 0 Å². The lowest BCUT2D eigenvalue weighted by molar-refractivity contribution is 0.615. The van der Waals surface area contributed by atoms with Crippen LogP contribution < -0.4 is 4.90 Å². The first-order chi connectivity index (χ1) is 25.5. The Morgan fingerprint density at radius 1 is 0.346 bits per heavy atom. The molecule has 11 rings (SSSR count). The van der Waals surface area contributed by atoms with Gasteiger partial charge in [-0.1, -0.05) is 159 Å². The number of hydrogen-bond acceptors (Lipinski definition) is 1. The van der Waals surface area contributed by atoms with Gasteiger partial charge in [0.05, 0.1) is 11.4 Å². The molecule has 8 aromatic carbocycles. The number of fused-ring (bicyclic) bond motifs is 10. The summed E-state index contributed by atoms with van der Waals surface area (Å²) in [5.41, 5.74) is 20.8. The Labute approximate surface area is 305 Å². The molecule has 0 aromatic heterocycles. The molecule has 2 aliphatic carbocycles. The van der Waals surface area contributed by atoms with Gasteiger partial charge in [0.25, 0.3) is 0 Å². The van der Waals surface area contributed by atoms with E-state index in [0.29, 0.717) is 0 Å². The van der Waals surface area contributed by atoms with Gasteiger partial charge in [-0.05, 0) is 114 Å². The molecule has 0 saturated carbocycles. The lowest BCUT2D eigenvalue weighted by atomic mass is 9.65. The summed E-state index contributed by atoms with van der Waals surface area (Å²) in [5, 5.41) is 2.54. The molecule has 3 aliphatic rings. The van der Waals surface area contributed by atoms with Crippen LogP contribution in [0.4, 0.5) is 17.1 Å². The van der Waals surface area contributed by atoms with Crippen LogP contribution in [0, 0.1) is 0 Å². The molecule has 0 radical (unpaired) electrons. The largest absolute Gasteiger partial charge is 0.310 e. The Kier molecular flexibility index (Phi) is 5.93. The Morgan fingerprint density at radius 3 is 1.58 bits per heavy atom. The van der Waals surface area contributed by atoms with E-state index in [4.69, 9.17) is 0 Å². The van der Waals surface area contributed by atoms with Gasteiger partial charge >= 0.3 is 0 Å². The summed E-state index contributed by atoms with van der Waals surface area (Å²) in [6.07, 6.45) is 0. The van der Waals surface area contributed by atoms with Crippen LogP contribution in [-0.2, 0) is 10.8 Å². The fourth-order valence-corrected chi connectivity index (χ4v) is 10.2. The number of rotatable bonds is 3. The normalized spacial score (nSPS) is 16.9. The average molecular weight is 664 g/mol. The van der Waals surface area contributed by atoms with E-state index < -0.39 is 0 Å². The molecular formula is C51H37N. The second-order valence-corrected chi connectivity index (χ2v) is 15.4. The van der Waals surface area contributed by atoms with E-state index in [9.17, 15) is 0 Å². The molecule has 246 valence electrons. The zero-order valence-electron chi connectivity index (χ0n) is 29.6. The average Bonchev–Trinajstić information content (AvgIpc) is 3.60.